The zero-order valence-electron chi connectivity index (χ0n) is 34.2. The number of rotatable bonds is 6. The molecule has 10 aromatic carbocycles. The van der Waals surface area contributed by atoms with E-state index in [1.165, 1.54) is 93.5 Å². The molecule has 1 aliphatic rings. The molecule has 0 bridgehead atoms. The van der Waals surface area contributed by atoms with Gasteiger partial charge in [0.1, 0.15) is 0 Å². The summed E-state index contributed by atoms with van der Waals surface area (Å²) in [7, 11) is 0. The van der Waals surface area contributed by atoms with Gasteiger partial charge in [0.25, 0.3) is 0 Å². The van der Waals surface area contributed by atoms with Crippen molar-refractivity contribution in [2.75, 3.05) is 4.90 Å². The van der Waals surface area contributed by atoms with Crippen LogP contribution in [-0.2, 0) is 5.41 Å². The molecule has 0 saturated carbocycles. The maximum Gasteiger partial charge on any atom is 0.0547 e. The minimum atomic E-state index is -0.0413. The van der Waals surface area contributed by atoms with Crippen LogP contribution in [0.25, 0.3) is 82.4 Å². The Morgan fingerprint density at radius 3 is 1.69 bits per heavy atom. The SMILES string of the molecule is CC1(C)c2ccccc2-c2ccc(-c3ccc(N(c4ccc(-c5ccc6c(c5)c5c7ccccc7ccc5n6-c5ccccc5)cc4)c4cccc5ccccc45)cc3)cc21. The zero-order chi connectivity index (χ0) is 40.7. The topological polar surface area (TPSA) is 8.17 Å². The van der Waals surface area contributed by atoms with Crippen LogP contribution < -0.4 is 4.90 Å². The van der Waals surface area contributed by atoms with Crippen molar-refractivity contribution >= 4 is 60.4 Å². The molecule has 0 fully saturated rings. The van der Waals surface area contributed by atoms with Crippen LogP contribution in [0, 0.1) is 0 Å². The lowest BCUT2D eigenvalue weighted by atomic mass is 9.81. The standard InChI is InChI=1S/C59H42N2/c1-59(2)53-21-11-10-20-50(53)51-34-27-44(38-54(51)59)40-25-32-47(33-26-40)60(55-22-12-15-41-13-6-8-18-48(41)55)46-30-23-39(24-31-46)43-29-35-56-52(37-43)58-49-19-9-7-14-42(49)28-36-57(58)61(56)45-16-4-3-5-17-45/h3-38H,1-2H3. The predicted molar refractivity (Wildman–Crippen MR) is 259 cm³/mol. The normalized spacial score (nSPS) is 12.9. The van der Waals surface area contributed by atoms with Crippen molar-refractivity contribution < 1.29 is 0 Å². The van der Waals surface area contributed by atoms with Gasteiger partial charge in [0.05, 0.1) is 16.7 Å². The largest absolute Gasteiger partial charge is 0.310 e. The first kappa shape index (κ1) is 35.3. The summed E-state index contributed by atoms with van der Waals surface area (Å²) < 4.78 is 2.40. The van der Waals surface area contributed by atoms with Crippen LogP contribution in [0.5, 0.6) is 0 Å². The van der Waals surface area contributed by atoms with E-state index in [4.69, 9.17) is 0 Å². The molecule has 0 spiro atoms. The van der Waals surface area contributed by atoms with Gasteiger partial charge in [-0.05, 0) is 127 Å². The number of benzene rings is 10. The van der Waals surface area contributed by atoms with Gasteiger partial charge in [0.15, 0.2) is 0 Å². The number of fused-ring (bicyclic) bond motifs is 9. The third-order valence-corrected chi connectivity index (χ3v) is 13.2. The first-order valence-electron chi connectivity index (χ1n) is 21.3. The molecule has 0 unspecified atom stereocenters. The third-order valence-electron chi connectivity index (χ3n) is 13.2. The van der Waals surface area contributed by atoms with Crippen molar-refractivity contribution in [2.45, 2.75) is 19.3 Å². The fourth-order valence-electron chi connectivity index (χ4n) is 10.1. The third kappa shape index (κ3) is 5.56. The smallest absolute Gasteiger partial charge is 0.0547 e. The highest BCUT2D eigenvalue weighted by molar-refractivity contribution is 6.22. The summed E-state index contributed by atoms with van der Waals surface area (Å²) in [6.07, 6.45) is 0. The quantitative estimate of drug-likeness (QED) is 0.163. The molecule has 1 aliphatic carbocycles. The van der Waals surface area contributed by atoms with E-state index in [2.05, 4.69) is 242 Å². The Kier molecular flexibility index (Phi) is 7.92. The van der Waals surface area contributed by atoms with Crippen molar-refractivity contribution in [3.63, 3.8) is 0 Å². The van der Waals surface area contributed by atoms with Gasteiger partial charge < -0.3 is 9.47 Å². The summed E-state index contributed by atoms with van der Waals surface area (Å²) >= 11 is 0. The minimum absolute atomic E-state index is 0.0413. The fourth-order valence-corrected chi connectivity index (χ4v) is 10.1. The Hall–Kier alpha value is -7.68. The lowest BCUT2D eigenvalue weighted by molar-refractivity contribution is 0.660. The van der Waals surface area contributed by atoms with Gasteiger partial charge in [-0.3, -0.25) is 0 Å². The van der Waals surface area contributed by atoms with Crippen LogP contribution >= 0.6 is 0 Å². The van der Waals surface area contributed by atoms with Crippen LogP contribution in [0.3, 0.4) is 0 Å². The van der Waals surface area contributed by atoms with Crippen molar-refractivity contribution in [1.82, 2.24) is 4.57 Å². The van der Waals surface area contributed by atoms with Crippen LogP contribution in [0.15, 0.2) is 218 Å². The Morgan fingerprint density at radius 1 is 0.377 bits per heavy atom. The van der Waals surface area contributed by atoms with E-state index in [0.29, 0.717) is 0 Å². The number of anilines is 3. The maximum atomic E-state index is 2.41. The summed E-state index contributed by atoms with van der Waals surface area (Å²) in [6.45, 7) is 4.70. The first-order chi connectivity index (χ1) is 30.0. The van der Waals surface area contributed by atoms with Gasteiger partial charge in [0.2, 0.25) is 0 Å². The van der Waals surface area contributed by atoms with Crippen LogP contribution in [0.1, 0.15) is 25.0 Å². The van der Waals surface area contributed by atoms with Gasteiger partial charge in [-0.25, -0.2) is 0 Å². The number of hydrogen-bond donors (Lipinski definition) is 0. The zero-order valence-corrected chi connectivity index (χ0v) is 34.2. The molecule has 11 aromatic rings. The summed E-state index contributed by atoms with van der Waals surface area (Å²) in [5.74, 6) is 0. The molecule has 0 saturated heterocycles. The molecule has 1 aromatic heterocycles. The lowest BCUT2D eigenvalue weighted by Crippen LogP contribution is -2.14. The van der Waals surface area contributed by atoms with Gasteiger partial charge in [-0.2, -0.15) is 0 Å². The fraction of sp³-hybridized carbons (Fsp3) is 0.0508. The second kappa shape index (κ2) is 13.7. The molecule has 12 rings (SSSR count). The average molecular weight is 779 g/mol. The molecular formula is C59H42N2. The Labute approximate surface area is 356 Å². The van der Waals surface area contributed by atoms with E-state index < -0.39 is 0 Å². The summed E-state index contributed by atoms with van der Waals surface area (Å²) in [5.41, 5.74) is 17.2. The molecule has 0 atom stereocenters. The molecule has 0 aliphatic heterocycles. The maximum absolute atomic E-state index is 2.41. The van der Waals surface area contributed by atoms with E-state index in [9.17, 15) is 0 Å². The average Bonchev–Trinajstić information content (AvgIpc) is 3.78. The number of aromatic nitrogens is 1. The van der Waals surface area contributed by atoms with Crippen molar-refractivity contribution in [1.29, 1.82) is 0 Å². The molecule has 2 nitrogen and oxygen atoms in total. The summed E-state index contributed by atoms with van der Waals surface area (Å²) in [4.78, 5) is 2.40. The Morgan fingerprint density at radius 2 is 0.934 bits per heavy atom. The second-order valence-corrected chi connectivity index (χ2v) is 16.9. The number of nitrogens with zero attached hydrogens (tertiary/aromatic N) is 2. The lowest BCUT2D eigenvalue weighted by Gasteiger charge is -2.27. The molecule has 0 N–H and O–H groups in total. The minimum Gasteiger partial charge on any atom is -0.310 e. The van der Waals surface area contributed by atoms with Crippen LogP contribution in [-0.4, -0.2) is 4.57 Å². The van der Waals surface area contributed by atoms with Gasteiger partial charge >= 0.3 is 0 Å². The van der Waals surface area contributed by atoms with Crippen LogP contribution in [0.2, 0.25) is 0 Å². The highest BCUT2D eigenvalue weighted by Gasteiger charge is 2.35. The highest BCUT2D eigenvalue weighted by atomic mass is 15.1. The summed E-state index contributed by atoms with van der Waals surface area (Å²) in [5, 5.41) is 7.50. The molecule has 0 radical (unpaired) electrons. The Bertz CT molecular complexity index is 3480. The van der Waals surface area contributed by atoms with E-state index >= 15 is 0 Å². The highest BCUT2D eigenvalue weighted by Crippen LogP contribution is 2.50. The second-order valence-electron chi connectivity index (χ2n) is 16.9. The van der Waals surface area contributed by atoms with Crippen molar-refractivity contribution in [2.24, 2.45) is 0 Å². The molecule has 61 heavy (non-hydrogen) atoms. The van der Waals surface area contributed by atoms with E-state index in [1.807, 2.05) is 0 Å². The number of para-hydroxylation sites is 1. The van der Waals surface area contributed by atoms with Gasteiger partial charge in [-0.15, -0.1) is 0 Å². The summed E-state index contributed by atoms with van der Waals surface area (Å²) in [6, 6.07) is 80.3. The van der Waals surface area contributed by atoms with Gasteiger partial charge in [0, 0.05) is 38.6 Å². The predicted octanol–water partition coefficient (Wildman–Crippen LogP) is 16.2. The van der Waals surface area contributed by atoms with Crippen LogP contribution in [0.4, 0.5) is 17.1 Å². The van der Waals surface area contributed by atoms with Crippen molar-refractivity contribution in [3.05, 3.63) is 230 Å². The number of hydrogen-bond acceptors (Lipinski definition) is 1. The molecule has 288 valence electrons. The monoisotopic (exact) mass is 778 g/mol. The first-order valence-corrected chi connectivity index (χ1v) is 21.3. The Balaban J connectivity index is 0.952. The van der Waals surface area contributed by atoms with Gasteiger partial charge in [-0.1, -0.05) is 166 Å². The van der Waals surface area contributed by atoms with E-state index in [0.717, 1.165) is 17.1 Å². The molecule has 0 amide bonds. The molecule has 2 heteroatoms. The van der Waals surface area contributed by atoms with E-state index in [1.54, 1.807) is 0 Å². The molecular weight excluding hydrogens is 737 g/mol. The van der Waals surface area contributed by atoms with E-state index in [-0.39, 0.29) is 5.41 Å². The molecule has 1 heterocycles. The van der Waals surface area contributed by atoms with Crippen molar-refractivity contribution in [3.8, 4) is 39.1 Å².